The number of anilines is 1. The van der Waals surface area contributed by atoms with Crippen LogP contribution in [0.5, 0.6) is 5.75 Å². The number of hydrogen-bond donors (Lipinski definition) is 0. The number of rotatable bonds is 1. The zero-order valence-electron chi connectivity index (χ0n) is 8.16. The molecule has 0 amide bonds. The maximum Gasteiger partial charge on any atom is 0.143 e. The van der Waals surface area contributed by atoms with E-state index in [0.29, 0.717) is 6.10 Å². The second-order valence-electron chi connectivity index (χ2n) is 3.50. The Morgan fingerprint density at radius 2 is 2.23 bits per heavy atom. The van der Waals surface area contributed by atoms with Gasteiger partial charge in [-0.1, -0.05) is 19.1 Å². The van der Waals surface area contributed by atoms with E-state index in [1.165, 1.54) is 5.69 Å². The molecule has 0 N–H and O–H groups in total. The lowest BCUT2D eigenvalue weighted by molar-refractivity contribution is 0.192. The molecule has 0 saturated carbocycles. The van der Waals surface area contributed by atoms with E-state index in [1.54, 1.807) is 0 Å². The topological polar surface area (TPSA) is 12.5 Å². The first kappa shape index (κ1) is 8.42. The Kier molecular flexibility index (Phi) is 2.13. The van der Waals surface area contributed by atoms with Crippen molar-refractivity contribution in [3.63, 3.8) is 0 Å². The van der Waals surface area contributed by atoms with Crippen LogP contribution < -0.4 is 9.64 Å². The van der Waals surface area contributed by atoms with Gasteiger partial charge in [-0.05, 0) is 18.6 Å². The van der Waals surface area contributed by atoms with Crippen LogP contribution in [0.4, 0.5) is 5.69 Å². The molecule has 1 aromatic carbocycles. The fourth-order valence-corrected chi connectivity index (χ4v) is 1.71. The summed E-state index contributed by atoms with van der Waals surface area (Å²) in [5, 5.41) is 0. The monoisotopic (exact) mass is 177 g/mol. The molecule has 1 heterocycles. The summed E-state index contributed by atoms with van der Waals surface area (Å²) < 4.78 is 5.81. The Balaban J connectivity index is 2.31. The molecule has 0 aromatic heterocycles. The lowest BCUT2D eigenvalue weighted by Crippen LogP contribution is -2.37. The normalized spacial score (nSPS) is 20.8. The van der Waals surface area contributed by atoms with E-state index in [0.717, 1.165) is 18.7 Å². The van der Waals surface area contributed by atoms with Crippen LogP contribution in [0.3, 0.4) is 0 Å². The van der Waals surface area contributed by atoms with Gasteiger partial charge in [0.1, 0.15) is 11.9 Å². The van der Waals surface area contributed by atoms with Crippen LogP contribution in [0.2, 0.25) is 0 Å². The minimum atomic E-state index is 0.347. The number of nitrogens with zero attached hydrogens (tertiary/aromatic N) is 1. The van der Waals surface area contributed by atoms with Crippen molar-refractivity contribution >= 4 is 5.69 Å². The maximum absolute atomic E-state index is 5.81. The predicted molar refractivity (Wildman–Crippen MR) is 54.4 cm³/mol. The van der Waals surface area contributed by atoms with Gasteiger partial charge >= 0.3 is 0 Å². The molecule has 1 aliphatic rings. The van der Waals surface area contributed by atoms with Crippen molar-refractivity contribution in [2.75, 3.05) is 18.5 Å². The van der Waals surface area contributed by atoms with Gasteiger partial charge in [0.05, 0.1) is 12.2 Å². The van der Waals surface area contributed by atoms with Crippen LogP contribution >= 0.6 is 0 Å². The molecule has 13 heavy (non-hydrogen) atoms. The van der Waals surface area contributed by atoms with Crippen LogP contribution in [0.15, 0.2) is 24.3 Å². The van der Waals surface area contributed by atoms with E-state index in [-0.39, 0.29) is 0 Å². The number of ether oxygens (including phenoxy) is 1. The average molecular weight is 177 g/mol. The van der Waals surface area contributed by atoms with Crippen LogP contribution in [0.1, 0.15) is 13.3 Å². The SMILES string of the molecule is CCC1CN(C)c2ccccc2O1. The number of likely N-dealkylation sites (N-methyl/N-ethyl adjacent to an activating group) is 1. The highest BCUT2D eigenvalue weighted by Gasteiger charge is 2.20. The van der Waals surface area contributed by atoms with E-state index in [2.05, 4.69) is 24.9 Å². The Labute approximate surface area is 79.1 Å². The molecule has 70 valence electrons. The molecular weight excluding hydrogens is 162 g/mol. The van der Waals surface area contributed by atoms with E-state index in [4.69, 9.17) is 4.74 Å². The van der Waals surface area contributed by atoms with Gasteiger partial charge in [0.25, 0.3) is 0 Å². The molecule has 2 rings (SSSR count). The molecule has 0 saturated heterocycles. The fraction of sp³-hybridized carbons (Fsp3) is 0.455. The van der Waals surface area contributed by atoms with Gasteiger partial charge in [-0.15, -0.1) is 0 Å². The smallest absolute Gasteiger partial charge is 0.143 e. The van der Waals surface area contributed by atoms with Crippen molar-refractivity contribution < 1.29 is 4.74 Å². The molecular formula is C11H15NO. The third-order valence-electron chi connectivity index (χ3n) is 2.50. The third kappa shape index (κ3) is 1.48. The molecule has 0 aliphatic carbocycles. The first-order chi connectivity index (χ1) is 6.31. The standard InChI is InChI=1S/C11H15NO/c1-3-9-8-12(2)10-6-4-5-7-11(10)13-9/h4-7,9H,3,8H2,1-2H3. The minimum absolute atomic E-state index is 0.347. The Bertz CT molecular complexity index is 298. The molecule has 0 bridgehead atoms. The van der Waals surface area contributed by atoms with Gasteiger partial charge < -0.3 is 9.64 Å². The van der Waals surface area contributed by atoms with E-state index in [9.17, 15) is 0 Å². The summed E-state index contributed by atoms with van der Waals surface area (Å²) in [6.07, 6.45) is 1.42. The first-order valence-corrected chi connectivity index (χ1v) is 4.78. The average Bonchev–Trinajstić information content (AvgIpc) is 2.18. The molecule has 0 spiro atoms. The molecule has 0 radical (unpaired) electrons. The largest absolute Gasteiger partial charge is 0.486 e. The van der Waals surface area contributed by atoms with Gasteiger partial charge in [-0.3, -0.25) is 0 Å². The highest BCUT2D eigenvalue weighted by atomic mass is 16.5. The lowest BCUT2D eigenvalue weighted by atomic mass is 10.2. The summed E-state index contributed by atoms with van der Waals surface area (Å²) in [5.41, 5.74) is 1.20. The molecule has 2 heteroatoms. The molecule has 0 fully saturated rings. The highest BCUT2D eigenvalue weighted by Crippen LogP contribution is 2.32. The zero-order valence-corrected chi connectivity index (χ0v) is 8.16. The van der Waals surface area contributed by atoms with Gasteiger partial charge in [0.2, 0.25) is 0 Å². The lowest BCUT2D eigenvalue weighted by Gasteiger charge is -2.33. The molecule has 1 aliphatic heterocycles. The summed E-state index contributed by atoms with van der Waals surface area (Å²) >= 11 is 0. The summed E-state index contributed by atoms with van der Waals surface area (Å²) in [7, 11) is 2.12. The van der Waals surface area contributed by atoms with Gasteiger partial charge in [-0.2, -0.15) is 0 Å². The highest BCUT2D eigenvalue weighted by molar-refractivity contribution is 5.59. The molecule has 1 unspecified atom stereocenters. The van der Waals surface area contributed by atoms with Crippen molar-refractivity contribution in [1.29, 1.82) is 0 Å². The Morgan fingerprint density at radius 1 is 1.46 bits per heavy atom. The minimum Gasteiger partial charge on any atom is -0.486 e. The van der Waals surface area contributed by atoms with Crippen molar-refractivity contribution in [2.45, 2.75) is 19.4 Å². The summed E-state index contributed by atoms with van der Waals surface area (Å²) in [6, 6.07) is 8.20. The summed E-state index contributed by atoms with van der Waals surface area (Å²) in [6.45, 7) is 3.15. The first-order valence-electron chi connectivity index (χ1n) is 4.78. The van der Waals surface area contributed by atoms with Crippen LogP contribution in [-0.2, 0) is 0 Å². The summed E-state index contributed by atoms with van der Waals surface area (Å²) in [4.78, 5) is 2.26. The zero-order chi connectivity index (χ0) is 9.26. The number of benzene rings is 1. The van der Waals surface area contributed by atoms with Gasteiger partial charge in [0, 0.05) is 7.05 Å². The van der Waals surface area contributed by atoms with E-state index < -0.39 is 0 Å². The summed E-state index contributed by atoms with van der Waals surface area (Å²) in [5.74, 6) is 1.02. The number of fused-ring (bicyclic) bond motifs is 1. The Morgan fingerprint density at radius 3 is 3.00 bits per heavy atom. The van der Waals surface area contributed by atoms with Crippen LogP contribution in [0.25, 0.3) is 0 Å². The van der Waals surface area contributed by atoms with E-state index >= 15 is 0 Å². The molecule has 2 nitrogen and oxygen atoms in total. The molecule has 1 atom stereocenters. The number of para-hydroxylation sites is 2. The van der Waals surface area contributed by atoms with Gasteiger partial charge in [-0.25, -0.2) is 0 Å². The van der Waals surface area contributed by atoms with Crippen molar-refractivity contribution in [3.05, 3.63) is 24.3 Å². The second kappa shape index (κ2) is 3.29. The van der Waals surface area contributed by atoms with Crippen molar-refractivity contribution in [1.82, 2.24) is 0 Å². The third-order valence-corrected chi connectivity index (χ3v) is 2.50. The van der Waals surface area contributed by atoms with Crippen LogP contribution in [-0.4, -0.2) is 19.7 Å². The predicted octanol–water partition coefficient (Wildman–Crippen LogP) is 2.29. The fourth-order valence-electron chi connectivity index (χ4n) is 1.71. The second-order valence-corrected chi connectivity index (χ2v) is 3.50. The van der Waals surface area contributed by atoms with Gasteiger partial charge in [0.15, 0.2) is 0 Å². The Hall–Kier alpha value is -1.18. The quantitative estimate of drug-likeness (QED) is 0.652. The van der Waals surface area contributed by atoms with Crippen molar-refractivity contribution in [2.24, 2.45) is 0 Å². The van der Waals surface area contributed by atoms with Crippen LogP contribution in [0, 0.1) is 0 Å². The molecule has 1 aromatic rings. The van der Waals surface area contributed by atoms with E-state index in [1.807, 2.05) is 18.2 Å². The maximum atomic E-state index is 5.81. The van der Waals surface area contributed by atoms with Crippen molar-refractivity contribution in [3.8, 4) is 5.75 Å². The number of hydrogen-bond acceptors (Lipinski definition) is 2.